The SMILES string of the molecule is Cc1ccc(CN(C(=O)c2ccc([N+](=O)[O-])cc2)C2CCN(S(=O)(=O)/C=C/c3ccc(Cl)cc3)C2)cc1. The maximum absolute atomic E-state index is 13.5. The number of amides is 1. The van der Waals surface area contributed by atoms with Gasteiger partial charge in [0.1, 0.15) is 0 Å². The highest BCUT2D eigenvalue weighted by molar-refractivity contribution is 7.92. The highest BCUT2D eigenvalue weighted by atomic mass is 35.5. The molecule has 192 valence electrons. The van der Waals surface area contributed by atoms with E-state index in [0.29, 0.717) is 22.6 Å². The molecular weight excluding hydrogens is 514 g/mol. The Morgan fingerprint density at radius 2 is 1.73 bits per heavy atom. The number of halogens is 1. The van der Waals surface area contributed by atoms with E-state index in [4.69, 9.17) is 11.6 Å². The van der Waals surface area contributed by atoms with Crippen LogP contribution in [0.25, 0.3) is 6.08 Å². The van der Waals surface area contributed by atoms with Gasteiger partial charge in [0.25, 0.3) is 11.6 Å². The van der Waals surface area contributed by atoms with Crippen molar-refractivity contribution in [3.8, 4) is 0 Å². The third kappa shape index (κ3) is 6.62. The molecule has 4 rings (SSSR count). The summed E-state index contributed by atoms with van der Waals surface area (Å²) in [6.07, 6.45) is 1.99. The van der Waals surface area contributed by atoms with E-state index in [0.717, 1.165) is 11.1 Å². The van der Waals surface area contributed by atoms with Gasteiger partial charge < -0.3 is 4.90 Å². The number of hydrogen-bond donors (Lipinski definition) is 0. The van der Waals surface area contributed by atoms with Gasteiger partial charge >= 0.3 is 0 Å². The molecule has 1 unspecified atom stereocenters. The van der Waals surface area contributed by atoms with Crippen LogP contribution >= 0.6 is 11.6 Å². The van der Waals surface area contributed by atoms with Crippen molar-refractivity contribution in [2.75, 3.05) is 13.1 Å². The van der Waals surface area contributed by atoms with E-state index in [2.05, 4.69) is 0 Å². The first-order valence-electron chi connectivity index (χ1n) is 11.7. The minimum absolute atomic E-state index is 0.104. The molecule has 3 aromatic rings. The average molecular weight is 540 g/mol. The molecule has 3 aromatic carbocycles. The predicted molar refractivity (Wildman–Crippen MR) is 144 cm³/mol. The molecule has 0 N–H and O–H groups in total. The molecule has 0 aliphatic carbocycles. The summed E-state index contributed by atoms with van der Waals surface area (Å²) in [7, 11) is -3.71. The van der Waals surface area contributed by atoms with Crippen LogP contribution in [0.5, 0.6) is 0 Å². The Morgan fingerprint density at radius 3 is 2.35 bits per heavy atom. The molecule has 0 radical (unpaired) electrons. The van der Waals surface area contributed by atoms with E-state index in [1.807, 2.05) is 31.2 Å². The summed E-state index contributed by atoms with van der Waals surface area (Å²) in [5.74, 6) is -0.309. The lowest BCUT2D eigenvalue weighted by atomic mass is 10.1. The Labute approximate surface area is 221 Å². The molecule has 1 aliphatic rings. The number of aryl methyl sites for hydroxylation is 1. The Morgan fingerprint density at radius 1 is 1.08 bits per heavy atom. The van der Waals surface area contributed by atoms with Gasteiger partial charge in [-0.05, 0) is 54.8 Å². The van der Waals surface area contributed by atoms with Gasteiger partial charge in [-0.2, -0.15) is 4.31 Å². The summed E-state index contributed by atoms with van der Waals surface area (Å²) in [5, 5.41) is 12.8. The zero-order valence-electron chi connectivity index (χ0n) is 20.2. The minimum atomic E-state index is -3.71. The number of carbonyl (C=O) groups excluding carboxylic acids is 1. The predicted octanol–water partition coefficient (Wildman–Crippen LogP) is 5.27. The summed E-state index contributed by atoms with van der Waals surface area (Å²) < 4.78 is 27.4. The van der Waals surface area contributed by atoms with Crippen molar-refractivity contribution in [3.05, 3.63) is 116 Å². The number of benzene rings is 3. The van der Waals surface area contributed by atoms with Crippen molar-refractivity contribution < 1.29 is 18.1 Å². The summed E-state index contributed by atoms with van der Waals surface area (Å²) in [4.78, 5) is 25.7. The third-order valence-electron chi connectivity index (χ3n) is 6.29. The number of non-ortho nitro benzene ring substituents is 1. The zero-order chi connectivity index (χ0) is 26.6. The Hall–Kier alpha value is -3.53. The van der Waals surface area contributed by atoms with Crippen LogP contribution < -0.4 is 0 Å². The molecule has 1 heterocycles. The van der Waals surface area contributed by atoms with E-state index in [-0.39, 0.29) is 37.3 Å². The first kappa shape index (κ1) is 26.5. The summed E-state index contributed by atoms with van der Waals surface area (Å²) in [6.45, 7) is 2.68. The van der Waals surface area contributed by atoms with Gasteiger partial charge in [-0.3, -0.25) is 14.9 Å². The molecule has 1 fully saturated rings. The second kappa shape index (κ2) is 11.2. The average Bonchev–Trinajstić information content (AvgIpc) is 3.39. The van der Waals surface area contributed by atoms with Crippen LogP contribution in [0.1, 0.15) is 33.5 Å². The highest BCUT2D eigenvalue weighted by Crippen LogP contribution is 2.25. The number of nitro groups is 1. The molecule has 0 bridgehead atoms. The molecule has 1 amide bonds. The molecule has 0 saturated carbocycles. The lowest BCUT2D eigenvalue weighted by Gasteiger charge is -2.29. The third-order valence-corrected chi connectivity index (χ3v) is 8.07. The lowest BCUT2D eigenvalue weighted by molar-refractivity contribution is -0.384. The fraction of sp³-hybridized carbons (Fsp3) is 0.222. The van der Waals surface area contributed by atoms with Crippen LogP contribution in [0.2, 0.25) is 5.02 Å². The molecular formula is C27H26ClN3O5S. The smallest absolute Gasteiger partial charge is 0.269 e. The van der Waals surface area contributed by atoms with E-state index in [1.165, 1.54) is 40.1 Å². The van der Waals surface area contributed by atoms with Crippen LogP contribution in [-0.4, -0.2) is 47.6 Å². The first-order valence-corrected chi connectivity index (χ1v) is 13.6. The van der Waals surface area contributed by atoms with Crippen LogP contribution in [0.3, 0.4) is 0 Å². The van der Waals surface area contributed by atoms with Crippen molar-refractivity contribution >= 4 is 39.3 Å². The Bertz CT molecular complexity index is 1410. The molecule has 0 aromatic heterocycles. The fourth-order valence-electron chi connectivity index (χ4n) is 4.17. The maximum Gasteiger partial charge on any atom is 0.269 e. The van der Waals surface area contributed by atoms with Crippen molar-refractivity contribution in [1.82, 2.24) is 9.21 Å². The minimum Gasteiger partial charge on any atom is -0.330 e. The van der Waals surface area contributed by atoms with Crippen molar-refractivity contribution in [2.45, 2.75) is 25.9 Å². The van der Waals surface area contributed by atoms with Crippen LogP contribution in [0, 0.1) is 17.0 Å². The first-order chi connectivity index (χ1) is 17.6. The molecule has 1 saturated heterocycles. The normalized spacial score (nSPS) is 16.2. The Kier molecular flexibility index (Phi) is 8.06. The van der Waals surface area contributed by atoms with Gasteiger partial charge in [0.2, 0.25) is 10.0 Å². The summed E-state index contributed by atoms with van der Waals surface area (Å²) in [5.41, 5.74) is 2.90. The van der Waals surface area contributed by atoms with Crippen molar-refractivity contribution in [2.24, 2.45) is 0 Å². The number of nitrogens with zero attached hydrogens (tertiary/aromatic N) is 3. The second-order valence-corrected chi connectivity index (χ2v) is 11.2. The lowest BCUT2D eigenvalue weighted by Crippen LogP contribution is -2.42. The van der Waals surface area contributed by atoms with Gasteiger partial charge in [0.15, 0.2) is 0 Å². The molecule has 8 nitrogen and oxygen atoms in total. The van der Waals surface area contributed by atoms with Gasteiger partial charge in [0.05, 0.1) is 4.92 Å². The van der Waals surface area contributed by atoms with E-state index >= 15 is 0 Å². The summed E-state index contributed by atoms with van der Waals surface area (Å²) >= 11 is 5.90. The van der Waals surface area contributed by atoms with Crippen LogP contribution in [-0.2, 0) is 16.6 Å². The quantitative estimate of drug-likeness (QED) is 0.286. The maximum atomic E-state index is 13.5. The topological polar surface area (TPSA) is 101 Å². The number of rotatable bonds is 8. The number of carbonyl (C=O) groups is 1. The van der Waals surface area contributed by atoms with Crippen molar-refractivity contribution in [3.63, 3.8) is 0 Å². The second-order valence-electron chi connectivity index (χ2n) is 8.92. The van der Waals surface area contributed by atoms with Gasteiger partial charge in [-0.25, -0.2) is 8.42 Å². The van der Waals surface area contributed by atoms with Crippen LogP contribution in [0.15, 0.2) is 78.2 Å². The molecule has 37 heavy (non-hydrogen) atoms. The number of hydrogen-bond acceptors (Lipinski definition) is 5. The van der Waals surface area contributed by atoms with Gasteiger partial charge in [-0.15, -0.1) is 0 Å². The zero-order valence-corrected chi connectivity index (χ0v) is 21.7. The largest absolute Gasteiger partial charge is 0.330 e. The molecule has 0 spiro atoms. The fourth-order valence-corrected chi connectivity index (χ4v) is 5.54. The molecule has 1 atom stereocenters. The number of nitro benzene ring substituents is 1. The van der Waals surface area contributed by atoms with Gasteiger partial charge in [0, 0.05) is 53.8 Å². The van der Waals surface area contributed by atoms with Gasteiger partial charge in [-0.1, -0.05) is 53.6 Å². The van der Waals surface area contributed by atoms with E-state index < -0.39 is 14.9 Å². The monoisotopic (exact) mass is 539 g/mol. The highest BCUT2D eigenvalue weighted by Gasteiger charge is 2.35. The molecule has 10 heteroatoms. The van der Waals surface area contributed by atoms with Crippen molar-refractivity contribution in [1.29, 1.82) is 0 Å². The van der Waals surface area contributed by atoms with E-state index in [1.54, 1.807) is 29.2 Å². The molecule has 1 aliphatic heterocycles. The van der Waals surface area contributed by atoms with Crippen LogP contribution in [0.4, 0.5) is 5.69 Å². The number of sulfonamides is 1. The summed E-state index contributed by atoms with van der Waals surface area (Å²) in [6, 6.07) is 19.7. The Balaban J connectivity index is 1.55. The van der Waals surface area contributed by atoms with E-state index in [9.17, 15) is 23.3 Å². The standard InChI is InChI=1S/C27H26ClN3O5S/c1-20-2-4-22(5-3-20)18-30(27(32)23-8-12-25(13-9-23)31(33)34)26-14-16-29(19-26)37(35,36)17-15-21-6-10-24(28)11-7-21/h2-13,15,17,26H,14,16,18-19H2,1H3/b17-15+.